The van der Waals surface area contributed by atoms with E-state index in [0.717, 1.165) is 24.4 Å². The molecule has 1 fully saturated rings. The molecule has 11 heteroatoms. The van der Waals surface area contributed by atoms with Gasteiger partial charge in [-0.25, -0.2) is 0 Å². The third-order valence-electron chi connectivity index (χ3n) is 4.65. The number of hydrogen-bond acceptors (Lipinski definition) is 7. The second-order valence-corrected chi connectivity index (χ2v) is 8.67. The van der Waals surface area contributed by atoms with Crippen molar-refractivity contribution >= 4 is 40.6 Å². The molecule has 0 bridgehead atoms. The van der Waals surface area contributed by atoms with Gasteiger partial charge in [0.05, 0.1) is 33.7 Å². The molecule has 0 spiro atoms. The van der Waals surface area contributed by atoms with Crippen molar-refractivity contribution in [3.8, 4) is 0 Å². The molecule has 1 aliphatic rings. The molecule has 3 aromatic rings. The molecule has 2 aromatic heterocycles. The van der Waals surface area contributed by atoms with Gasteiger partial charge in [-0.05, 0) is 38.0 Å². The van der Waals surface area contributed by atoms with E-state index < -0.39 is 10.2 Å². The smallest absolute Gasteiger partial charge is 0.271 e. The van der Waals surface area contributed by atoms with E-state index in [9.17, 15) is 14.9 Å². The molecular formula is C19H18ClN5O4S. The number of rotatable bonds is 8. The average molecular weight is 448 g/mol. The van der Waals surface area contributed by atoms with Crippen LogP contribution >= 0.6 is 23.4 Å². The largest absolute Gasteiger partial charge is 0.467 e. The van der Waals surface area contributed by atoms with Gasteiger partial charge in [-0.15, -0.1) is 10.2 Å². The Balaban J connectivity index is 1.50. The second kappa shape index (κ2) is 8.49. The molecule has 1 aliphatic carbocycles. The van der Waals surface area contributed by atoms with Crippen molar-refractivity contribution in [1.29, 1.82) is 0 Å². The standard InChI is InChI=1S/C19H18ClN5O4S/c1-11(18(26)21-16-9-13(25(27)28)6-7-15(16)20)30-19-23-22-17(12-4-5-12)24(19)10-14-3-2-8-29-14/h2-3,6-9,11-12H,4-5,10H2,1H3,(H,21,26). The van der Waals surface area contributed by atoms with Gasteiger partial charge in [0.1, 0.15) is 11.6 Å². The number of hydrogen-bond donors (Lipinski definition) is 1. The van der Waals surface area contributed by atoms with Crippen molar-refractivity contribution in [2.24, 2.45) is 0 Å². The highest BCUT2D eigenvalue weighted by molar-refractivity contribution is 8.00. The Morgan fingerprint density at radius 3 is 2.90 bits per heavy atom. The number of carbonyl (C=O) groups excluding carboxylic acids is 1. The highest BCUT2D eigenvalue weighted by Crippen LogP contribution is 2.40. The minimum atomic E-state index is -0.541. The predicted octanol–water partition coefficient (Wildman–Crippen LogP) is 4.48. The van der Waals surface area contributed by atoms with Crippen LogP contribution in [0.2, 0.25) is 5.02 Å². The number of non-ortho nitro benzene ring substituents is 1. The molecule has 1 amide bonds. The van der Waals surface area contributed by atoms with Crippen molar-refractivity contribution in [2.45, 2.75) is 42.6 Å². The van der Waals surface area contributed by atoms with Gasteiger partial charge in [0.25, 0.3) is 5.69 Å². The fraction of sp³-hybridized carbons (Fsp3) is 0.316. The van der Waals surface area contributed by atoms with Gasteiger partial charge in [0.2, 0.25) is 5.91 Å². The monoisotopic (exact) mass is 447 g/mol. The van der Waals surface area contributed by atoms with Gasteiger partial charge >= 0.3 is 0 Å². The fourth-order valence-electron chi connectivity index (χ4n) is 2.91. The maximum absolute atomic E-state index is 12.7. The fourth-order valence-corrected chi connectivity index (χ4v) is 3.93. The van der Waals surface area contributed by atoms with E-state index in [4.69, 9.17) is 16.0 Å². The number of halogens is 1. The van der Waals surface area contributed by atoms with Crippen LogP contribution in [0.25, 0.3) is 0 Å². The number of nitrogens with zero attached hydrogens (tertiary/aromatic N) is 4. The number of thioether (sulfide) groups is 1. The Kier molecular flexibility index (Phi) is 5.78. The molecule has 0 saturated heterocycles. The number of nitrogens with one attached hydrogen (secondary N) is 1. The zero-order valence-corrected chi connectivity index (χ0v) is 17.5. The van der Waals surface area contributed by atoms with Crippen LogP contribution in [0.4, 0.5) is 11.4 Å². The molecule has 1 aromatic carbocycles. The van der Waals surface area contributed by atoms with Crippen LogP contribution in [0.3, 0.4) is 0 Å². The molecule has 1 unspecified atom stereocenters. The van der Waals surface area contributed by atoms with E-state index in [0.29, 0.717) is 17.6 Å². The van der Waals surface area contributed by atoms with Gasteiger partial charge in [0, 0.05) is 18.1 Å². The SMILES string of the molecule is CC(Sc1nnc(C2CC2)n1Cc1ccco1)C(=O)Nc1cc([N+](=O)[O-])ccc1Cl. The molecule has 0 aliphatic heterocycles. The number of benzene rings is 1. The molecular weight excluding hydrogens is 430 g/mol. The molecule has 2 heterocycles. The van der Waals surface area contributed by atoms with Gasteiger partial charge < -0.3 is 9.73 Å². The summed E-state index contributed by atoms with van der Waals surface area (Å²) in [5.41, 5.74) is 0.0429. The molecule has 156 valence electrons. The minimum Gasteiger partial charge on any atom is -0.467 e. The predicted molar refractivity (Wildman–Crippen MR) is 112 cm³/mol. The van der Waals surface area contributed by atoms with Crippen LogP contribution in [-0.4, -0.2) is 30.8 Å². The van der Waals surface area contributed by atoms with Crippen LogP contribution in [0.15, 0.2) is 46.2 Å². The van der Waals surface area contributed by atoms with Crippen LogP contribution in [0.1, 0.15) is 37.3 Å². The lowest BCUT2D eigenvalue weighted by Crippen LogP contribution is -2.23. The number of aromatic nitrogens is 3. The van der Waals surface area contributed by atoms with Crippen LogP contribution in [-0.2, 0) is 11.3 Å². The first kappa shape index (κ1) is 20.4. The number of nitro groups is 1. The van der Waals surface area contributed by atoms with Crippen LogP contribution in [0.5, 0.6) is 0 Å². The van der Waals surface area contributed by atoms with E-state index in [1.807, 2.05) is 16.7 Å². The molecule has 0 radical (unpaired) electrons. The number of anilines is 1. The minimum absolute atomic E-state index is 0.151. The summed E-state index contributed by atoms with van der Waals surface area (Å²) < 4.78 is 7.43. The van der Waals surface area contributed by atoms with Crippen LogP contribution in [0, 0.1) is 10.1 Å². The van der Waals surface area contributed by atoms with E-state index in [1.165, 1.54) is 30.0 Å². The Morgan fingerprint density at radius 2 is 2.23 bits per heavy atom. The summed E-state index contributed by atoms with van der Waals surface area (Å²) in [6, 6.07) is 7.61. The van der Waals surface area contributed by atoms with Crippen molar-refractivity contribution < 1.29 is 14.1 Å². The zero-order chi connectivity index (χ0) is 21.3. The van der Waals surface area contributed by atoms with Gasteiger partial charge in [0.15, 0.2) is 5.16 Å². The lowest BCUT2D eigenvalue weighted by atomic mass is 10.2. The van der Waals surface area contributed by atoms with Gasteiger partial charge in [-0.2, -0.15) is 0 Å². The first-order chi connectivity index (χ1) is 14.4. The summed E-state index contributed by atoms with van der Waals surface area (Å²) in [6.07, 6.45) is 3.76. The van der Waals surface area contributed by atoms with Gasteiger partial charge in [-0.3, -0.25) is 19.5 Å². The van der Waals surface area contributed by atoms with Crippen molar-refractivity contribution in [3.63, 3.8) is 0 Å². The molecule has 4 rings (SSSR count). The van der Waals surface area contributed by atoms with E-state index in [1.54, 1.807) is 13.2 Å². The van der Waals surface area contributed by atoms with Crippen molar-refractivity contribution in [2.75, 3.05) is 5.32 Å². The maximum atomic E-state index is 12.7. The zero-order valence-electron chi connectivity index (χ0n) is 15.9. The highest BCUT2D eigenvalue weighted by atomic mass is 35.5. The second-order valence-electron chi connectivity index (χ2n) is 6.95. The third-order valence-corrected chi connectivity index (χ3v) is 6.06. The maximum Gasteiger partial charge on any atom is 0.271 e. The Hall–Kier alpha value is -2.85. The first-order valence-electron chi connectivity index (χ1n) is 9.29. The van der Waals surface area contributed by atoms with E-state index in [-0.39, 0.29) is 22.3 Å². The summed E-state index contributed by atoms with van der Waals surface area (Å²) in [5, 5.41) is 22.5. The van der Waals surface area contributed by atoms with Crippen molar-refractivity contribution in [1.82, 2.24) is 14.8 Å². The summed E-state index contributed by atoms with van der Waals surface area (Å²) in [6.45, 7) is 2.22. The number of amides is 1. The van der Waals surface area contributed by atoms with Crippen molar-refractivity contribution in [3.05, 3.63) is 63.3 Å². The lowest BCUT2D eigenvalue weighted by molar-refractivity contribution is -0.384. The summed E-state index contributed by atoms with van der Waals surface area (Å²) in [7, 11) is 0. The Labute approximate surface area is 181 Å². The number of nitro benzene ring substituents is 1. The highest BCUT2D eigenvalue weighted by Gasteiger charge is 2.31. The average Bonchev–Trinajstić information content (AvgIpc) is 3.29. The molecule has 30 heavy (non-hydrogen) atoms. The van der Waals surface area contributed by atoms with Crippen LogP contribution < -0.4 is 5.32 Å². The van der Waals surface area contributed by atoms with E-state index in [2.05, 4.69) is 15.5 Å². The molecule has 1 atom stereocenters. The quantitative estimate of drug-likeness (QED) is 0.307. The number of furan rings is 1. The topological polar surface area (TPSA) is 116 Å². The lowest BCUT2D eigenvalue weighted by Gasteiger charge is -2.14. The summed E-state index contributed by atoms with van der Waals surface area (Å²) in [4.78, 5) is 23.1. The Morgan fingerprint density at radius 1 is 1.43 bits per heavy atom. The molecule has 1 N–H and O–H groups in total. The Bertz CT molecular complexity index is 1080. The third kappa shape index (κ3) is 4.49. The first-order valence-corrected chi connectivity index (χ1v) is 10.5. The molecule has 9 nitrogen and oxygen atoms in total. The van der Waals surface area contributed by atoms with Gasteiger partial charge in [-0.1, -0.05) is 23.4 Å². The van der Waals surface area contributed by atoms with E-state index >= 15 is 0 Å². The molecule has 1 saturated carbocycles. The normalized spacial score (nSPS) is 14.5. The number of carbonyl (C=O) groups is 1. The summed E-state index contributed by atoms with van der Waals surface area (Å²) >= 11 is 7.34. The summed E-state index contributed by atoms with van der Waals surface area (Å²) in [5.74, 6) is 1.71.